The van der Waals surface area contributed by atoms with E-state index in [1.165, 1.54) is 12.8 Å². The molecule has 7 heteroatoms. The van der Waals surface area contributed by atoms with Gasteiger partial charge in [0.15, 0.2) is 5.96 Å². The summed E-state index contributed by atoms with van der Waals surface area (Å²) in [7, 11) is 2.17. The number of nitrogens with two attached hydrogens (primary N) is 1. The van der Waals surface area contributed by atoms with Gasteiger partial charge in [0.2, 0.25) is 0 Å². The van der Waals surface area contributed by atoms with Crippen LogP contribution in [0.25, 0.3) is 0 Å². The van der Waals surface area contributed by atoms with Gasteiger partial charge >= 0.3 is 0 Å². The molecule has 0 bridgehead atoms. The summed E-state index contributed by atoms with van der Waals surface area (Å²) in [6.07, 6.45) is 4.34. The van der Waals surface area contributed by atoms with Gasteiger partial charge in [-0.05, 0) is 37.4 Å². The lowest BCUT2D eigenvalue weighted by Crippen LogP contribution is -2.44. The fraction of sp³-hybridized carbons (Fsp3) is 0.667. The Balaban J connectivity index is 0.00000225. The van der Waals surface area contributed by atoms with Crippen LogP contribution >= 0.6 is 24.0 Å². The molecule has 3 heterocycles. The van der Waals surface area contributed by atoms with Gasteiger partial charge in [-0.2, -0.15) is 0 Å². The monoisotopic (exact) mass is 458 g/mol. The zero-order valence-corrected chi connectivity index (χ0v) is 17.7. The molecule has 2 N–H and O–H groups in total. The molecule has 2 fully saturated rings. The maximum absolute atomic E-state index is 6.14. The number of aliphatic imine (C=N–C) groups is 1. The minimum atomic E-state index is 0. The highest BCUT2D eigenvalue weighted by molar-refractivity contribution is 14.0. The number of hydrogen-bond donors (Lipinski definition) is 1. The number of guanidine groups is 1. The van der Waals surface area contributed by atoms with Crippen molar-refractivity contribution in [1.29, 1.82) is 0 Å². The molecule has 3 rings (SSSR count). The number of likely N-dealkylation sites (tertiary alicyclic amines) is 1. The van der Waals surface area contributed by atoms with E-state index < -0.39 is 0 Å². The number of aromatic nitrogens is 1. The normalized spacial score (nSPS) is 20.5. The molecular weight excluding hydrogens is 427 g/mol. The molecule has 0 aromatic carbocycles. The second-order valence-corrected chi connectivity index (χ2v) is 7.16. The van der Waals surface area contributed by atoms with Gasteiger partial charge in [0, 0.05) is 45.5 Å². The van der Waals surface area contributed by atoms with Crippen molar-refractivity contribution in [2.24, 2.45) is 16.6 Å². The average molecular weight is 458 g/mol. The number of piperidine rings is 1. The number of anilines is 1. The quantitative estimate of drug-likeness (QED) is 0.427. The summed E-state index contributed by atoms with van der Waals surface area (Å²) >= 11 is 0. The highest BCUT2D eigenvalue weighted by atomic mass is 127. The number of likely N-dealkylation sites (N-methyl/N-ethyl adjacent to an activating group) is 1. The number of hydrogen-bond acceptors (Lipinski definition) is 4. The fourth-order valence-electron chi connectivity index (χ4n) is 3.24. The average Bonchev–Trinajstić information content (AvgIpc) is 2.61. The lowest BCUT2D eigenvalue weighted by molar-refractivity contribution is 0.277. The zero-order valence-electron chi connectivity index (χ0n) is 15.4. The predicted octanol–water partition coefficient (Wildman–Crippen LogP) is 2.00. The van der Waals surface area contributed by atoms with Crippen molar-refractivity contribution in [3.63, 3.8) is 0 Å². The number of nitrogens with zero attached hydrogens (tertiary/aromatic N) is 5. The van der Waals surface area contributed by atoms with E-state index in [-0.39, 0.29) is 24.0 Å². The summed E-state index contributed by atoms with van der Waals surface area (Å²) in [5.41, 5.74) is 7.26. The molecule has 2 aliphatic heterocycles. The summed E-state index contributed by atoms with van der Waals surface area (Å²) in [6.45, 7) is 9.24. The van der Waals surface area contributed by atoms with Gasteiger partial charge < -0.3 is 20.4 Å². The van der Waals surface area contributed by atoms with Gasteiger partial charge in [0.1, 0.15) is 5.82 Å². The number of piperazine rings is 1. The Morgan fingerprint density at radius 2 is 1.84 bits per heavy atom. The van der Waals surface area contributed by atoms with E-state index in [0.717, 1.165) is 56.6 Å². The van der Waals surface area contributed by atoms with Gasteiger partial charge in [-0.25, -0.2) is 9.98 Å². The van der Waals surface area contributed by atoms with Crippen LogP contribution in [-0.2, 0) is 6.54 Å². The summed E-state index contributed by atoms with van der Waals surface area (Å²) in [6, 6.07) is 4.23. The van der Waals surface area contributed by atoms with Crippen LogP contribution in [0, 0.1) is 5.92 Å². The third-order valence-corrected chi connectivity index (χ3v) is 5.17. The maximum atomic E-state index is 6.14. The Kier molecular flexibility index (Phi) is 7.74. The van der Waals surface area contributed by atoms with E-state index in [1.807, 2.05) is 6.20 Å². The molecule has 6 nitrogen and oxygen atoms in total. The first-order chi connectivity index (χ1) is 11.6. The van der Waals surface area contributed by atoms with Gasteiger partial charge in [-0.3, -0.25) is 0 Å². The Morgan fingerprint density at radius 3 is 2.44 bits per heavy atom. The van der Waals surface area contributed by atoms with Crippen molar-refractivity contribution in [1.82, 2.24) is 14.8 Å². The number of rotatable bonds is 3. The van der Waals surface area contributed by atoms with Crippen molar-refractivity contribution < 1.29 is 0 Å². The molecule has 0 saturated carbocycles. The topological polar surface area (TPSA) is 61.0 Å². The third kappa shape index (κ3) is 5.70. The molecule has 140 valence electrons. The van der Waals surface area contributed by atoms with Crippen LogP contribution in [0.15, 0.2) is 23.3 Å². The van der Waals surface area contributed by atoms with Gasteiger partial charge in [0.25, 0.3) is 0 Å². The Hall–Kier alpha value is -1.09. The van der Waals surface area contributed by atoms with Crippen LogP contribution < -0.4 is 10.6 Å². The molecule has 0 amide bonds. The second kappa shape index (κ2) is 9.56. The van der Waals surface area contributed by atoms with E-state index in [0.29, 0.717) is 12.5 Å². The van der Waals surface area contributed by atoms with Gasteiger partial charge in [-0.1, -0.05) is 13.0 Å². The van der Waals surface area contributed by atoms with E-state index in [1.54, 1.807) is 0 Å². The van der Waals surface area contributed by atoms with Gasteiger partial charge in [-0.15, -0.1) is 24.0 Å². The van der Waals surface area contributed by atoms with Crippen LogP contribution in [0.4, 0.5) is 5.82 Å². The minimum Gasteiger partial charge on any atom is -0.370 e. The lowest BCUT2D eigenvalue weighted by Gasteiger charge is -2.33. The molecular formula is C18H31IN6. The molecule has 0 atom stereocenters. The summed E-state index contributed by atoms with van der Waals surface area (Å²) in [5, 5.41) is 0. The predicted molar refractivity (Wildman–Crippen MR) is 115 cm³/mol. The maximum Gasteiger partial charge on any atom is 0.191 e. The van der Waals surface area contributed by atoms with E-state index >= 15 is 0 Å². The van der Waals surface area contributed by atoms with Crippen LogP contribution in [0.1, 0.15) is 25.3 Å². The van der Waals surface area contributed by atoms with Crippen molar-refractivity contribution in [3.05, 3.63) is 23.9 Å². The molecule has 2 saturated heterocycles. The smallest absolute Gasteiger partial charge is 0.191 e. The minimum absolute atomic E-state index is 0. The number of pyridine rings is 1. The first-order valence-corrected chi connectivity index (χ1v) is 9.05. The number of halogens is 1. The SMILES string of the molecule is CC1CCN(C(N)=NCc2ccc(N3CCN(C)CC3)nc2)CC1.I. The summed E-state index contributed by atoms with van der Waals surface area (Å²) < 4.78 is 0. The van der Waals surface area contributed by atoms with Gasteiger partial charge in [0.05, 0.1) is 6.54 Å². The Labute approximate surface area is 168 Å². The van der Waals surface area contributed by atoms with Crippen LogP contribution in [0.3, 0.4) is 0 Å². The second-order valence-electron chi connectivity index (χ2n) is 7.16. The summed E-state index contributed by atoms with van der Waals surface area (Å²) in [5.74, 6) is 2.54. The van der Waals surface area contributed by atoms with Crippen molar-refractivity contribution in [2.75, 3.05) is 51.2 Å². The zero-order chi connectivity index (χ0) is 16.9. The fourth-order valence-corrected chi connectivity index (χ4v) is 3.24. The van der Waals surface area contributed by atoms with E-state index in [4.69, 9.17) is 5.73 Å². The highest BCUT2D eigenvalue weighted by Crippen LogP contribution is 2.16. The van der Waals surface area contributed by atoms with Crippen LogP contribution in [0.2, 0.25) is 0 Å². The molecule has 1 aromatic rings. The highest BCUT2D eigenvalue weighted by Gasteiger charge is 2.17. The third-order valence-electron chi connectivity index (χ3n) is 5.17. The van der Waals surface area contributed by atoms with E-state index in [2.05, 4.69) is 50.8 Å². The molecule has 0 spiro atoms. The summed E-state index contributed by atoms with van der Waals surface area (Å²) in [4.78, 5) is 16.1. The van der Waals surface area contributed by atoms with Crippen molar-refractivity contribution >= 4 is 35.8 Å². The molecule has 25 heavy (non-hydrogen) atoms. The van der Waals surface area contributed by atoms with Crippen molar-refractivity contribution in [3.8, 4) is 0 Å². The van der Waals surface area contributed by atoms with E-state index in [9.17, 15) is 0 Å². The Morgan fingerprint density at radius 1 is 1.16 bits per heavy atom. The van der Waals surface area contributed by atoms with Crippen molar-refractivity contribution in [2.45, 2.75) is 26.3 Å². The largest absolute Gasteiger partial charge is 0.370 e. The molecule has 2 aliphatic rings. The first-order valence-electron chi connectivity index (χ1n) is 9.05. The Bertz CT molecular complexity index is 545. The molecule has 0 unspecified atom stereocenters. The molecule has 0 radical (unpaired) electrons. The molecule has 0 aliphatic carbocycles. The van der Waals surface area contributed by atoms with Crippen LogP contribution in [0.5, 0.6) is 0 Å². The lowest BCUT2D eigenvalue weighted by atomic mass is 10.00. The first kappa shape index (κ1) is 20.2. The standard InChI is InChI=1S/C18H30N6.HI/c1-15-5-7-24(8-6-15)18(19)21-14-16-3-4-17(20-13-16)23-11-9-22(2)10-12-23;/h3-4,13,15H,5-12,14H2,1-2H3,(H2,19,21);1H. The van der Waals surface area contributed by atoms with Crippen LogP contribution in [-0.4, -0.2) is 67.1 Å². The molecule has 1 aromatic heterocycles.